The van der Waals surface area contributed by atoms with Crippen LogP contribution in [-0.4, -0.2) is 28.9 Å². The molecule has 0 aliphatic carbocycles. The molecular formula is C17H39NSi2. The third kappa shape index (κ3) is 5.49. The highest BCUT2D eigenvalue weighted by Gasteiger charge is 2.41. The molecule has 1 N–H and O–H groups in total. The van der Waals surface area contributed by atoms with Crippen LogP contribution in [0.2, 0.25) is 35.8 Å². The van der Waals surface area contributed by atoms with Crippen molar-refractivity contribution >= 4 is 16.1 Å². The van der Waals surface area contributed by atoms with Crippen LogP contribution >= 0.6 is 0 Å². The summed E-state index contributed by atoms with van der Waals surface area (Å²) < 4.78 is 0. The van der Waals surface area contributed by atoms with Gasteiger partial charge in [-0.15, -0.1) is 12.3 Å². The molecule has 0 amide bonds. The summed E-state index contributed by atoms with van der Waals surface area (Å²) in [6, 6.07) is 1.48. The van der Waals surface area contributed by atoms with Gasteiger partial charge in [0.2, 0.25) is 0 Å². The molecule has 0 aliphatic rings. The Bertz CT molecular complexity index is 261. The van der Waals surface area contributed by atoms with Crippen molar-refractivity contribution in [3.8, 4) is 0 Å². The SMILES string of the molecule is C=C[Si](C)(C)CNCCC[Si](C(C)C)(C(C)C)C(C)C. The molecule has 3 heteroatoms. The van der Waals surface area contributed by atoms with Crippen molar-refractivity contribution in [2.24, 2.45) is 0 Å². The van der Waals surface area contributed by atoms with Gasteiger partial charge in [-0.05, 0) is 19.1 Å². The normalized spacial score (nSPS) is 13.6. The fraction of sp³-hybridized carbons (Fsp3) is 0.882. The molecule has 0 heterocycles. The van der Waals surface area contributed by atoms with Gasteiger partial charge in [0.15, 0.2) is 0 Å². The molecule has 0 aliphatic heterocycles. The molecule has 0 unspecified atom stereocenters. The van der Waals surface area contributed by atoms with Gasteiger partial charge in [-0.1, -0.05) is 77.3 Å². The van der Waals surface area contributed by atoms with Gasteiger partial charge < -0.3 is 5.32 Å². The minimum atomic E-state index is -1.18. The van der Waals surface area contributed by atoms with Crippen LogP contribution in [0.5, 0.6) is 0 Å². The van der Waals surface area contributed by atoms with E-state index in [1.165, 1.54) is 25.2 Å². The minimum absolute atomic E-state index is 0.890. The molecule has 0 aromatic carbocycles. The van der Waals surface area contributed by atoms with Crippen LogP contribution in [0.3, 0.4) is 0 Å². The van der Waals surface area contributed by atoms with Gasteiger partial charge in [-0.25, -0.2) is 0 Å². The highest BCUT2D eigenvalue weighted by atomic mass is 28.3. The second-order valence-corrected chi connectivity index (χ2v) is 19.0. The zero-order valence-electron chi connectivity index (χ0n) is 15.3. The van der Waals surface area contributed by atoms with Crippen LogP contribution in [-0.2, 0) is 0 Å². The summed E-state index contributed by atoms with van der Waals surface area (Å²) in [5.41, 5.74) is 4.86. The van der Waals surface area contributed by atoms with E-state index in [-0.39, 0.29) is 0 Å². The maximum atomic E-state index is 3.97. The molecule has 0 aromatic heterocycles. The van der Waals surface area contributed by atoms with Crippen molar-refractivity contribution < 1.29 is 0 Å². The Balaban J connectivity index is 4.40. The van der Waals surface area contributed by atoms with Crippen LogP contribution < -0.4 is 5.32 Å². The van der Waals surface area contributed by atoms with Crippen LogP contribution in [0.1, 0.15) is 48.0 Å². The summed E-state index contributed by atoms with van der Waals surface area (Å²) in [6.07, 6.45) is 2.53. The fourth-order valence-electron chi connectivity index (χ4n) is 3.87. The quantitative estimate of drug-likeness (QED) is 0.408. The average molecular weight is 314 g/mol. The van der Waals surface area contributed by atoms with Gasteiger partial charge in [0.25, 0.3) is 0 Å². The van der Waals surface area contributed by atoms with Crippen molar-refractivity contribution in [2.45, 2.75) is 83.7 Å². The van der Waals surface area contributed by atoms with Crippen molar-refractivity contribution in [3.05, 3.63) is 12.3 Å². The maximum Gasteiger partial charge on any atom is 0.0851 e. The molecule has 120 valence electrons. The molecule has 0 saturated carbocycles. The highest BCUT2D eigenvalue weighted by Crippen LogP contribution is 2.44. The lowest BCUT2D eigenvalue weighted by Crippen LogP contribution is -2.45. The lowest BCUT2D eigenvalue weighted by atomic mass is 10.5. The van der Waals surface area contributed by atoms with E-state index in [0.29, 0.717) is 0 Å². The molecule has 0 fully saturated rings. The number of nitrogens with one attached hydrogen (secondary N) is 1. The van der Waals surface area contributed by atoms with E-state index in [4.69, 9.17) is 0 Å². The van der Waals surface area contributed by atoms with E-state index < -0.39 is 16.1 Å². The first-order valence-corrected chi connectivity index (χ1v) is 14.2. The molecular weight excluding hydrogens is 274 g/mol. The van der Waals surface area contributed by atoms with Crippen molar-refractivity contribution in [3.63, 3.8) is 0 Å². The highest BCUT2D eigenvalue weighted by molar-refractivity contribution is 6.83. The van der Waals surface area contributed by atoms with Crippen LogP contribution in [0.25, 0.3) is 0 Å². The molecule has 0 radical (unpaired) electrons. The van der Waals surface area contributed by atoms with E-state index in [2.05, 4.69) is 72.2 Å². The van der Waals surface area contributed by atoms with Gasteiger partial charge in [0.1, 0.15) is 0 Å². The summed E-state index contributed by atoms with van der Waals surface area (Å²) in [4.78, 5) is 0. The Hall–Kier alpha value is 0.134. The predicted molar refractivity (Wildman–Crippen MR) is 101 cm³/mol. The molecule has 0 atom stereocenters. The van der Waals surface area contributed by atoms with Crippen LogP contribution in [0, 0.1) is 0 Å². The topological polar surface area (TPSA) is 12.0 Å². The summed E-state index contributed by atoms with van der Waals surface area (Å²) in [5.74, 6) is 0. The monoisotopic (exact) mass is 313 g/mol. The molecule has 0 saturated heterocycles. The number of hydrogen-bond acceptors (Lipinski definition) is 1. The molecule has 0 bridgehead atoms. The number of rotatable bonds is 10. The summed E-state index contributed by atoms with van der Waals surface area (Å²) in [7, 11) is -2.36. The Morgan fingerprint density at radius 1 is 0.950 bits per heavy atom. The summed E-state index contributed by atoms with van der Waals surface area (Å²) >= 11 is 0. The van der Waals surface area contributed by atoms with Gasteiger partial charge in [0.05, 0.1) is 16.1 Å². The van der Waals surface area contributed by atoms with Crippen molar-refractivity contribution in [1.82, 2.24) is 5.32 Å². The Morgan fingerprint density at radius 2 is 1.40 bits per heavy atom. The molecule has 0 spiro atoms. The zero-order chi connectivity index (χ0) is 16.0. The molecule has 0 aromatic rings. The van der Waals surface area contributed by atoms with Crippen molar-refractivity contribution in [1.29, 1.82) is 0 Å². The second kappa shape index (κ2) is 8.55. The van der Waals surface area contributed by atoms with Gasteiger partial charge in [0, 0.05) is 0 Å². The van der Waals surface area contributed by atoms with E-state index in [1.807, 2.05) is 0 Å². The Morgan fingerprint density at radius 3 is 1.75 bits per heavy atom. The van der Waals surface area contributed by atoms with Gasteiger partial charge in [-0.2, -0.15) is 0 Å². The smallest absolute Gasteiger partial charge is 0.0851 e. The third-order valence-corrected chi connectivity index (χ3v) is 15.3. The molecule has 20 heavy (non-hydrogen) atoms. The first-order valence-electron chi connectivity index (χ1n) is 8.44. The lowest BCUT2D eigenvalue weighted by molar-refractivity contribution is 0.707. The second-order valence-electron chi connectivity index (χ2n) is 8.05. The van der Waals surface area contributed by atoms with Crippen LogP contribution in [0.15, 0.2) is 12.3 Å². The maximum absolute atomic E-state index is 3.97. The molecule has 1 nitrogen and oxygen atoms in total. The van der Waals surface area contributed by atoms with E-state index in [0.717, 1.165) is 16.6 Å². The molecule has 0 rings (SSSR count). The summed E-state index contributed by atoms with van der Waals surface area (Å²) in [5, 5.41) is 3.68. The van der Waals surface area contributed by atoms with Crippen LogP contribution in [0.4, 0.5) is 0 Å². The van der Waals surface area contributed by atoms with E-state index in [1.54, 1.807) is 0 Å². The Kier molecular flexibility index (Phi) is 8.60. The fourth-order valence-corrected chi connectivity index (χ4v) is 11.4. The standard InChI is InChI=1S/C17H39NSi2/c1-10-19(8,9)14-18-12-11-13-20(15(2)3,16(4)5)17(6)7/h10,15-18H,1,11-14H2,2-9H3. The first-order chi connectivity index (χ1) is 9.10. The Labute approximate surface area is 130 Å². The third-order valence-electron chi connectivity index (χ3n) is 5.32. The van der Waals surface area contributed by atoms with Gasteiger partial charge in [-0.3, -0.25) is 0 Å². The largest absolute Gasteiger partial charge is 0.319 e. The lowest BCUT2D eigenvalue weighted by Gasteiger charge is -2.43. The average Bonchev–Trinajstić information content (AvgIpc) is 2.32. The van der Waals surface area contributed by atoms with Gasteiger partial charge >= 0.3 is 0 Å². The van der Waals surface area contributed by atoms with E-state index >= 15 is 0 Å². The minimum Gasteiger partial charge on any atom is -0.319 e. The van der Waals surface area contributed by atoms with Crippen molar-refractivity contribution in [2.75, 3.05) is 12.7 Å². The summed E-state index contributed by atoms with van der Waals surface area (Å²) in [6.45, 7) is 24.7. The first kappa shape index (κ1) is 20.1. The zero-order valence-corrected chi connectivity index (χ0v) is 17.3. The predicted octanol–water partition coefficient (Wildman–Crippen LogP) is 5.62. The number of hydrogen-bond donors (Lipinski definition) is 1. The van der Waals surface area contributed by atoms with E-state index in [9.17, 15) is 0 Å².